The number of hydrogen-bond acceptors (Lipinski definition) is 2. The van der Waals surface area contributed by atoms with Crippen LogP contribution in [0.2, 0.25) is 0 Å². The molecular formula is C6H6NaO3S. The summed E-state index contributed by atoms with van der Waals surface area (Å²) in [6.45, 7) is 0. The SMILES string of the molecule is O=S(=O)(O)c1cc[c]cc1.[NaH]. The summed E-state index contributed by atoms with van der Waals surface area (Å²) in [5.74, 6) is 0. The molecule has 0 aliphatic heterocycles. The van der Waals surface area contributed by atoms with E-state index < -0.39 is 10.1 Å². The van der Waals surface area contributed by atoms with E-state index in [1.165, 1.54) is 24.3 Å². The van der Waals surface area contributed by atoms with Crippen LogP contribution in [0.25, 0.3) is 0 Å². The van der Waals surface area contributed by atoms with E-state index in [0.29, 0.717) is 0 Å². The summed E-state index contributed by atoms with van der Waals surface area (Å²) in [6, 6.07) is 8.02. The number of hydrogen-bond donors (Lipinski definition) is 1. The Hall–Kier alpha value is 0.130. The molecule has 0 aliphatic carbocycles. The maximum absolute atomic E-state index is 10.4. The predicted molar refractivity (Wildman–Crippen MR) is 42.2 cm³/mol. The van der Waals surface area contributed by atoms with Gasteiger partial charge in [0.05, 0.1) is 4.90 Å². The fraction of sp³-hybridized carbons (Fsp3) is 0. The third kappa shape index (κ3) is 3.35. The molecule has 1 radical (unpaired) electrons. The normalized spacial score (nSPS) is 10.3. The van der Waals surface area contributed by atoms with Crippen LogP contribution >= 0.6 is 0 Å². The molecule has 1 aromatic rings. The van der Waals surface area contributed by atoms with Gasteiger partial charge in [-0.3, -0.25) is 4.55 Å². The zero-order valence-electron chi connectivity index (χ0n) is 4.98. The fourth-order valence-electron chi connectivity index (χ4n) is 0.544. The van der Waals surface area contributed by atoms with Gasteiger partial charge >= 0.3 is 29.6 Å². The first-order chi connectivity index (χ1) is 4.61. The molecule has 0 aromatic heterocycles. The molecule has 0 amide bonds. The van der Waals surface area contributed by atoms with E-state index in [1.807, 2.05) is 0 Å². The van der Waals surface area contributed by atoms with Gasteiger partial charge < -0.3 is 0 Å². The number of rotatable bonds is 1. The van der Waals surface area contributed by atoms with Crippen LogP contribution in [-0.2, 0) is 10.1 Å². The molecule has 11 heavy (non-hydrogen) atoms. The molecule has 0 atom stereocenters. The van der Waals surface area contributed by atoms with E-state index >= 15 is 0 Å². The Bertz CT molecular complexity index is 306. The van der Waals surface area contributed by atoms with Crippen LogP contribution in [0.5, 0.6) is 0 Å². The van der Waals surface area contributed by atoms with Crippen molar-refractivity contribution < 1.29 is 13.0 Å². The minimum atomic E-state index is -4.02. The Balaban J connectivity index is 0.000001000. The van der Waals surface area contributed by atoms with E-state index in [-0.39, 0.29) is 34.5 Å². The molecule has 3 nitrogen and oxygen atoms in total. The molecule has 0 unspecified atom stereocenters. The molecule has 0 bridgehead atoms. The first-order valence-electron chi connectivity index (χ1n) is 2.54. The zero-order chi connectivity index (χ0) is 7.61. The quantitative estimate of drug-likeness (QED) is 0.493. The molecular weight excluding hydrogens is 175 g/mol. The summed E-state index contributed by atoms with van der Waals surface area (Å²) in [6.07, 6.45) is 0. The Morgan fingerprint density at radius 3 is 2.00 bits per heavy atom. The van der Waals surface area contributed by atoms with Crippen LogP contribution in [0.3, 0.4) is 0 Å². The molecule has 0 spiro atoms. The van der Waals surface area contributed by atoms with Gasteiger partial charge in [-0.2, -0.15) is 8.42 Å². The zero-order valence-corrected chi connectivity index (χ0v) is 5.80. The van der Waals surface area contributed by atoms with Gasteiger partial charge in [-0.1, -0.05) is 12.1 Å². The topological polar surface area (TPSA) is 54.4 Å². The summed E-state index contributed by atoms with van der Waals surface area (Å²) in [5, 5.41) is 0. The van der Waals surface area contributed by atoms with E-state index in [4.69, 9.17) is 4.55 Å². The van der Waals surface area contributed by atoms with Crippen molar-refractivity contribution >= 4 is 39.7 Å². The van der Waals surface area contributed by atoms with Gasteiger partial charge in [0.1, 0.15) is 0 Å². The maximum atomic E-state index is 10.4. The molecule has 0 aliphatic rings. The molecule has 0 saturated carbocycles. The van der Waals surface area contributed by atoms with Gasteiger partial charge in [-0.25, -0.2) is 0 Å². The van der Waals surface area contributed by atoms with Gasteiger partial charge in [0.15, 0.2) is 0 Å². The van der Waals surface area contributed by atoms with Crippen molar-refractivity contribution in [2.24, 2.45) is 0 Å². The van der Waals surface area contributed by atoms with Gasteiger partial charge in [-0.15, -0.1) is 0 Å². The average molecular weight is 181 g/mol. The van der Waals surface area contributed by atoms with Crippen LogP contribution in [0.1, 0.15) is 0 Å². The molecule has 5 heteroatoms. The molecule has 55 valence electrons. The van der Waals surface area contributed by atoms with E-state index in [9.17, 15) is 8.42 Å². The second-order valence-electron chi connectivity index (χ2n) is 1.71. The van der Waals surface area contributed by atoms with E-state index in [1.54, 1.807) is 0 Å². The first-order valence-corrected chi connectivity index (χ1v) is 3.98. The summed E-state index contributed by atoms with van der Waals surface area (Å²) in [7, 11) is -4.02. The minimum absolute atomic E-state index is 0. The Kier molecular flexibility index (Phi) is 4.28. The van der Waals surface area contributed by atoms with Crippen molar-refractivity contribution in [3.05, 3.63) is 30.3 Å². The second-order valence-corrected chi connectivity index (χ2v) is 3.13. The van der Waals surface area contributed by atoms with Crippen LogP contribution in [-0.4, -0.2) is 42.5 Å². The monoisotopic (exact) mass is 181 g/mol. The third-order valence-corrected chi connectivity index (χ3v) is 1.85. The van der Waals surface area contributed by atoms with Crippen molar-refractivity contribution in [3.8, 4) is 0 Å². The van der Waals surface area contributed by atoms with E-state index in [0.717, 1.165) is 0 Å². The molecule has 1 aromatic carbocycles. The van der Waals surface area contributed by atoms with Crippen LogP contribution in [0.4, 0.5) is 0 Å². The van der Waals surface area contributed by atoms with E-state index in [2.05, 4.69) is 6.07 Å². The molecule has 0 saturated heterocycles. The molecule has 0 heterocycles. The second kappa shape index (κ2) is 4.23. The first kappa shape index (κ1) is 11.1. The van der Waals surface area contributed by atoms with Crippen molar-refractivity contribution in [2.45, 2.75) is 4.90 Å². The summed E-state index contributed by atoms with van der Waals surface area (Å²) < 4.78 is 29.2. The third-order valence-electron chi connectivity index (χ3n) is 0.986. The van der Waals surface area contributed by atoms with Gasteiger partial charge in [-0.05, 0) is 18.2 Å². The Morgan fingerprint density at radius 1 is 1.27 bits per heavy atom. The van der Waals surface area contributed by atoms with Crippen LogP contribution < -0.4 is 0 Å². The predicted octanol–water partition coefficient (Wildman–Crippen LogP) is 0.0850. The summed E-state index contributed by atoms with van der Waals surface area (Å²) in [4.78, 5) is -0.105. The van der Waals surface area contributed by atoms with Crippen molar-refractivity contribution in [1.29, 1.82) is 0 Å². The van der Waals surface area contributed by atoms with Gasteiger partial charge in [0, 0.05) is 0 Å². The standard InChI is InChI=1S/C6H5O3S.Na.H/c7-10(8,9)6-4-2-1-3-5-6;;/h2-5H,(H,7,8,9);;. The van der Waals surface area contributed by atoms with Crippen molar-refractivity contribution in [3.63, 3.8) is 0 Å². The summed E-state index contributed by atoms with van der Waals surface area (Å²) in [5.41, 5.74) is 0. The van der Waals surface area contributed by atoms with Crippen LogP contribution in [0.15, 0.2) is 29.2 Å². The van der Waals surface area contributed by atoms with Gasteiger partial charge in [0.25, 0.3) is 10.1 Å². The molecule has 1 rings (SSSR count). The fourth-order valence-corrected chi connectivity index (χ4v) is 1.02. The molecule has 1 N–H and O–H groups in total. The Labute approximate surface area is 87.5 Å². The number of benzene rings is 1. The van der Waals surface area contributed by atoms with Crippen LogP contribution in [0, 0.1) is 6.07 Å². The van der Waals surface area contributed by atoms with Crippen molar-refractivity contribution in [2.75, 3.05) is 0 Å². The average Bonchev–Trinajstić information content (AvgIpc) is 1.88. The van der Waals surface area contributed by atoms with Crippen molar-refractivity contribution in [1.82, 2.24) is 0 Å². The van der Waals surface area contributed by atoms with Gasteiger partial charge in [0.2, 0.25) is 0 Å². The summed E-state index contributed by atoms with van der Waals surface area (Å²) >= 11 is 0. The molecule has 0 fully saturated rings. The Morgan fingerprint density at radius 2 is 1.73 bits per heavy atom.